The fourth-order valence-electron chi connectivity index (χ4n) is 4.43. The molecule has 0 spiro atoms. The minimum Gasteiger partial charge on any atom is -0.394 e. The molecule has 166 valence electrons. The van der Waals surface area contributed by atoms with Gasteiger partial charge in [0.1, 0.15) is 18.3 Å². The Morgan fingerprint density at radius 2 is 2.23 bits per heavy atom. The van der Waals surface area contributed by atoms with Gasteiger partial charge >= 0.3 is 0 Å². The maximum atomic E-state index is 12.6. The number of imidazole rings is 1. The van der Waals surface area contributed by atoms with Gasteiger partial charge in [-0.15, -0.1) is 0 Å². The van der Waals surface area contributed by atoms with E-state index in [0.717, 1.165) is 24.2 Å². The van der Waals surface area contributed by atoms with Crippen LogP contribution in [0.3, 0.4) is 0 Å². The number of methoxy groups -OCH3 is 1. The number of nitrogens with one attached hydrogen (secondary N) is 2. The molecule has 3 aromatic heterocycles. The quantitative estimate of drug-likeness (QED) is 0.337. The molecule has 0 bridgehead atoms. The first-order valence-electron chi connectivity index (χ1n) is 10.0. The number of aliphatic hydroxyl groups excluding tert-OH is 3. The molecule has 5 rings (SSSR count). The maximum absolute atomic E-state index is 12.6. The zero-order valence-corrected chi connectivity index (χ0v) is 16.8. The summed E-state index contributed by atoms with van der Waals surface area (Å²) >= 11 is 0. The van der Waals surface area contributed by atoms with Gasteiger partial charge in [-0.2, -0.15) is 4.98 Å². The number of fused-ring (bicyclic) bond motifs is 2. The summed E-state index contributed by atoms with van der Waals surface area (Å²) in [6, 6.07) is 1.95. The second kappa shape index (κ2) is 7.73. The first kappa shape index (κ1) is 20.2. The summed E-state index contributed by atoms with van der Waals surface area (Å²) in [5.41, 5.74) is 1.99. The Balaban J connectivity index is 1.48. The highest BCUT2D eigenvalue weighted by molar-refractivity contribution is 5.71. The number of aryl methyl sites for hydroxylation is 1. The van der Waals surface area contributed by atoms with Crippen molar-refractivity contribution in [2.24, 2.45) is 0 Å². The number of anilines is 1. The molecule has 0 radical (unpaired) electrons. The van der Waals surface area contributed by atoms with Crippen LogP contribution in [0.25, 0.3) is 11.2 Å². The van der Waals surface area contributed by atoms with E-state index >= 15 is 0 Å². The summed E-state index contributed by atoms with van der Waals surface area (Å²) in [6.45, 7) is 0.874. The van der Waals surface area contributed by atoms with Crippen molar-refractivity contribution in [2.75, 3.05) is 19.0 Å². The van der Waals surface area contributed by atoms with E-state index in [0.29, 0.717) is 6.61 Å². The SMILES string of the molecule is COCc1ccn2c1C(Nc1nc3c(ncn3C3OC(CO)C(O)C3O)c(=O)[nH]1)CC2. The predicted molar refractivity (Wildman–Crippen MR) is 107 cm³/mol. The monoisotopic (exact) mass is 432 g/mol. The number of nitrogens with zero attached hydrogens (tertiary/aromatic N) is 4. The summed E-state index contributed by atoms with van der Waals surface area (Å²) in [7, 11) is 1.65. The van der Waals surface area contributed by atoms with Crippen LogP contribution in [0.1, 0.15) is 29.9 Å². The molecular formula is C19H24N6O6. The first-order valence-corrected chi connectivity index (χ1v) is 10.0. The molecule has 5 atom stereocenters. The third kappa shape index (κ3) is 3.23. The van der Waals surface area contributed by atoms with Gasteiger partial charge in [0.25, 0.3) is 5.56 Å². The highest BCUT2D eigenvalue weighted by Gasteiger charge is 2.44. The lowest BCUT2D eigenvalue weighted by atomic mass is 10.1. The molecular weight excluding hydrogens is 408 g/mol. The summed E-state index contributed by atoms with van der Waals surface area (Å²) in [4.78, 5) is 23.9. The predicted octanol–water partition coefficient (Wildman–Crippen LogP) is -0.764. The average Bonchev–Trinajstić information content (AvgIpc) is 3.50. The Labute approximate surface area is 176 Å². The van der Waals surface area contributed by atoms with Crippen molar-refractivity contribution in [1.82, 2.24) is 24.1 Å². The van der Waals surface area contributed by atoms with Crippen molar-refractivity contribution < 1.29 is 24.8 Å². The van der Waals surface area contributed by atoms with Crippen LogP contribution in [0, 0.1) is 0 Å². The Morgan fingerprint density at radius 1 is 1.39 bits per heavy atom. The third-order valence-electron chi connectivity index (χ3n) is 5.92. The number of ether oxygens (including phenoxy) is 2. The molecule has 1 fully saturated rings. The molecule has 0 amide bonds. The van der Waals surface area contributed by atoms with E-state index in [-0.39, 0.29) is 23.2 Å². The van der Waals surface area contributed by atoms with Gasteiger partial charge < -0.3 is 34.7 Å². The second-order valence-electron chi connectivity index (χ2n) is 7.81. The van der Waals surface area contributed by atoms with Gasteiger partial charge in [-0.05, 0) is 12.5 Å². The molecule has 5 N–H and O–H groups in total. The maximum Gasteiger partial charge on any atom is 0.280 e. The molecule has 2 aliphatic heterocycles. The summed E-state index contributed by atoms with van der Waals surface area (Å²) in [5.74, 6) is 0.258. The molecule has 5 unspecified atom stereocenters. The zero-order chi connectivity index (χ0) is 21.7. The van der Waals surface area contributed by atoms with Crippen LogP contribution in [0.2, 0.25) is 0 Å². The Hall–Kier alpha value is -2.77. The second-order valence-corrected chi connectivity index (χ2v) is 7.81. The van der Waals surface area contributed by atoms with Gasteiger partial charge in [-0.25, -0.2) is 4.98 Å². The van der Waals surface area contributed by atoms with Crippen LogP contribution in [0.15, 0.2) is 23.4 Å². The molecule has 31 heavy (non-hydrogen) atoms. The van der Waals surface area contributed by atoms with Gasteiger partial charge in [0.05, 0.1) is 25.6 Å². The third-order valence-corrected chi connectivity index (χ3v) is 5.92. The lowest BCUT2D eigenvalue weighted by Crippen LogP contribution is -2.33. The minimum absolute atomic E-state index is 0.0639. The van der Waals surface area contributed by atoms with E-state index in [1.54, 1.807) is 7.11 Å². The number of aliphatic hydroxyl groups is 3. The summed E-state index contributed by atoms with van der Waals surface area (Å²) in [5, 5.41) is 33.0. The van der Waals surface area contributed by atoms with Crippen LogP contribution in [0.4, 0.5) is 5.95 Å². The van der Waals surface area contributed by atoms with Crippen LogP contribution in [-0.2, 0) is 22.6 Å². The van der Waals surface area contributed by atoms with Crippen molar-refractivity contribution in [1.29, 1.82) is 0 Å². The summed E-state index contributed by atoms with van der Waals surface area (Å²) in [6.07, 6.45) is -0.378. The van der Waals surface area contributed by atoms with Crippen LogP contribution in [0.5, 0.6) is 0 Å². The molecule has 12 heteroatoms. The first-order chi connectivity index (χ1) is 15.0. The molecule has 12 nitrogen and oxygen atoms in total. The van der Waals surface area contributed by atoms with Gasteiger partial charge in [0.15, 0.2) is 17.4 Å². The normalized spacial score (nSPS) is 27.8. The topological polar surface area (TPSA) is 160 Å². The van der Waals surface area contributed by atoms with E-state index in [2.05, 4.69) is 24.8 Å². The number of hydrogen-bond donors (Lipinski definition) is 5. The highest BCUT2D eigenvalue weighted by Crippen LogP contribution is 2.33. The molecule has 2 aliphatic rings. The van der Waals surface area contributed by atoms with Gasteiger partial charge in [0, 0.05) is 31.1 Å². The van der Waals surface area contributed by atoms with Crippen molar-refractivity contribution in [3.8, 4) is 0 Å². The van der Waals surface area contributed by atoms with Crippen LogP contribution >= 0.6 is 0 Å². The summed E-state index contributed by atoms with van der Waals surface area (Å²) < 4.78 is 14.4. The number of rotatable bonds is 6. The number of aromatic nitrogens is 5. The van der Waals surface area contributed by atoms with Gasteiger partial charge in [-0.3, -0.25) is 14.3 Å². The van der Waals surface area contributed by atoms with Gasteiger partial charge in [0.2, 0.25) is 5.95 Å². The number of hydrogen-bond acceptors (Lipinski definition) is 9. The molecule has 3 aromatic rings. The van der Waals surface area contributed by atoms with E-state index in [9.17, 15) is 20.1 Å². The van der Waals surface area contributed by atoms with Crippen molar-refractivity contribution >= 4 is 17.1 Å². The van der Waals surface area contributed by atoms with Crippen LogP contribution in [-0.4, -0.2) is 71.4 Å². The van der Waals surface area contributed by atoms with Crippen molar-refractivity contribution in [2.45, 2.75) is 50.2 Å². The lowest BCUT2D eigenvalue weighted by Gasteiger charge is -2.17. The fourth-order valence-corrected chi connectivity index (χ4v) is 4.43. The van der Waals surface area contributed by atoms with Crippen molar-refractivity contribution in [3.63, 3.8) is 0 Å². The van der Waals surface area contributed by atoms with E-state index in [4.69, 9.17) is 9.47 Å². The van der Waals surface area contributed by atoms with E-state index in [1.165, 1.54) is 10.9 Å². The largest absolute Gasteiger partial charge is 0.394 e. The number of aromatic amines is 1. The zero-order valence-electron chi connectivity index (χ0n) is 16.8. The molecule has 0 aliphatic carbocycles. The Bertz CT molecular complexity index is 1150. The minimum atomic E-state index is -1.30. The van der Waals surface area contributed by atoms with Crippen LogP contribution < -0.4 is 10.9 Å². The smallest absolute Gasteiger partial charge is 0.280 e. The Kier molecular flexibility index (Phi) is 5.02. The molecule has 5 heterocycles. The highest BCUT2D eigenvalue weighted by atomic mass is 16.6. The van der Waals surface area contributed by atoms with Gasteiger partial charge in [-0.1, -0.05) is 0 Å². The van der Waals surface area contributed by atoms with E-state index < -0.39 is 36.7 Å². The van der Waals surface area contributed by atoms with E-state index in [1.807, 2.05) is 12.3 Å². The number of H-pyrrole nitrogens is 1. The standard InChI is InChI=1S/C19H24N6O6/c1-30-7-9-2-4-24-5-3-10(13(9)24)21-19-22-16-12(17(29)23-19)20-8-25(16)18-15(28)14(27)11(6-26)31-18/h2,4,8,10-11,14-15,18,26-28H,3,5-7H2,1H3,(H2,21,22,23,29). The van der Waals surface area contributed by atoms with Crippen molar-refractivity contribution in [3.05, 3.63) is 40.2 Å². The fraction of sp³-hybridized carbons (Fsp3) is 0.526. The molecule has 1 saturated heterocycles. The average molecular weight is 432 g/mol. The molecule has 0 saturated carbocycles. The Morgan fingerprint density at radius 3 is 2.97 bits per heavy atom. The lowest BCUT2D eigenvalue weighted by molar-refractivity contribution is -0.0511. The molecule has 0 aromatic carbocycles.